The van der Waals surface area contributed by atoms with Gasteiger partial charge in [-0.15, -0.1) is 0 Å². The number of nitrogens with one attached hydrogen (secondary N) is 1. The van der Waals surface area contributed by atoms with Gasteiger partial charge in [0.15, 0.2) is 6.61 Å². The summed E-state index contributed by atoms with van der Waals surface area (Å²) in [5, 5.41) is 6.95. The molecular weight excluding hydrogens is 369 g/mol. The van der Waals surface area contributed by atoms with Crippen LogP contribution in [0.15, 0.2) is 29.0 Å². The highest BCUT2D eigenvalue weighted by molar-refractivity contribution is 7.08. The lowest BCUT2D eigenvalue weighted by Gasteiger charge is -2.10. The van der Waals surface area contributed by atoms with Crippen molar-refractivity contribution >= 4 is 63.7 Å². The van der Waals surface area contributed by atoms with Crippen LogP contribution in [0.2, 0.25) is 15.1 Å². The maximum Gasteiger partial charge on any atom is 0.310 e. The molecule has 116 valence electrons. The Hall–Kier alpha value is -1.27. The number of halogens is 3. The van der Waals surface area contributed by atoms with Crippen molar-refractivity contribution in [3.05, 3.63) is 49.6 Å². The smallest absolute Gasteiger partial charge is 0.310 e. The fraction of sp³-hybridized carbons (Fsp3) is 0.143. The number of benzene rings is 1. The van der Waals surface area contributed by atoms with Crippen molar-refractivity contribution < 1.29 is 14.3 Å². The summed E-state index contributed by atoms with van der Waals surface area (Å²) in [6, 6.07) is 4.72. The first-order valence-electron chi connectivity index (χ1n) is 6.07. The maximum absolute atomic E-state index is 11.8. The zero-order valence-corrected chi connectivity index (χ0v) is 14.2. The van der Waals surface area contributed by atoms with Crippen molar-refractivity contribution in [2.45, 2.75) is 6.42 Å². The summed E-state index contributed by atoms with van der Waals surface area (Å²) in [6.07, 6.45) is 0.124. The molecule has 0 aliphatic heterocycles. The van der Waals surface area contributed by atoms with Crippen LogP contribution in [0.1, 0.15) is 5.56 Å². The molecule has 1 amide bonds. The number of amides is 1. The van der Waals surface area contributed by atoms with Crippen LogP contribution in [-0.4, -0.2) is 18.5 Å². The molecule has 0 unspecified atom stereocenters. The number of ether oxygens (including phenoxy) is 1. The van der Waals surface area contributed by atoms with Gasteiger partial charge in [-0.2, -0.15) is 11.3 Å². The van der Waals surface area contributed by atoms with E-state index in [1.165, 1.54) is 23.5 Å². The monoisotopic (exact) mass is 377 g/mol. The van der Waals surface area contributed by atoms with Gasteiger partial charge in [-0.3, -0.25) is 9.59 Å². The molecule has 0 spiro atoms. The standard InChI is InChI=1S/C14H10Cl3NO3S/c15-9-4-10(16)14(11(17)5-9)18-12(19)6-21-13(20)3-8-1-2-22-7-8/h1-2,4-5,7H,3,6H2,(H,18,19). The summed E-state index contributed by atoms with van der Waals surface area (Å²) in [7, 11) is 0. The molecule has 1 aromatic carbocycles. The molecule has 0 bridgehead atoms. The Bertz CT molecular complexity index is 666. The van der Waals surface area contributed by atoms with Crippen LogP contribution < -0.4 is 5.32 Å². The average Bonchev–Trinajstić information content (AvgIpc) is 2.93. The Morgan fingerprint density at radius 1 is 1.18 bits per heavy atom. The van der Waals surface area contributed by atoms with E-state index in [4.69, 9.17) is 39.5 Å². The van der Waals surface area contributed by atoms with E-state index in [0.717, 1.165) is 5.56 Å². The van der Waals surface area contributed by atoms with E-state index >= 15 is 0 Å². The Morgan fingerprint density at radius 3 is 2.45 bits per heavy atom. The zero-order chi connectivity index (χ0) is 16.1. The predicted molar refractivity (Wildman–Crippen MR) is 89.1 cm³/mol. The molecule has 1 aromatic heterocycles. The Kier molecular flexibility index (Phi) is 6.08. The van der Waals surface area contributed by atoms with E-state index in [1.807, 2.05) is 16.8 Å². The van der Waals surface area contributed by atoms with Gasteiger partial charge in [0.2, 0.25) is 0 Å². The van der Waals surface area contributed by atoms with Gasteiger partial charge >= 0.3 is 5.97 Å². The fourth-order valence-electron chi connectivity index (χ4n) is 1.59. The van der Waals surface area contributed by atoms with Crippen LogP contribution in [0.4, 0.5) is 5.69 Å². The molecular formula is C14H10Cl3NO3S. The van der Waals surface area contributed by atoms with Crippen LogP contribution in [-0.2, 0) is 20.7 Å². The zero-order valence-electron chi connectivity index (χ0n) is 11.1. The molecule has 0 saturated heterocycles. The van der Waals surface area contributed by atoms with Crippen molar-refractivity contribution in [1.29, 1.82) is 0 Å². The number of hydrogen-bond acceptors (Lipinski definition) is 4. The van der Waals surface area contributed by atoms with E-state index in [1.54, 1.807) is 0 Å². The molecule has 22 heavy (non-hydrogen) atoms. The molecule has 0 fully saturated rings. The second-order valence-corrected chi connectivity index (χ2v) is 6.29. The molecule has 0 aliphatic carbocycles. The second-order valence-electron chi connectivity index (χ2n) is 4.26. The van der Waals surface area contributed by atoms with E-state index in [9.17, 15) is 9.59 Å². The number of hydrogen-bond donors (Lipinski definition) is 1. The lowest BCUT2D eigenvalue weighted by Crippen LogP contribution is -2.21. The molecule has 8 heteroatoms. The number of thiophene rings is 1. The van der Waals surface area contributed by atoms with Gasteiger partial charge in [0, 0.05) is 5.02 Å². The fourth-order valence-corrected chi connectivity index (χ4v) is 3.17. The number of esters is 1. The number of rotatable bonds is 5. The van der Waals surface area contributed by atoms with E-state index < -0.39 is 18.5 Å². The number of carbonyl (C=O) groups excluding carboxylic acids is 2. The van der Waals surface area contributed by atoms with Crippen LogP contribution in [0.3, 0.4) is 0 Å². The molecule has 0 aliphatic rings. The van der Waals surface area contributed by atoms with E-state index in [0.29, 0.717) is 5.02 Å². The molecule has 2 aromatic rings. The predicted octanol–water partition coefficient (Wildman–Crippen LogP) is 4.43. The minimum atomic E-state index is -0.537. The third-order valence-corrected chi connectivity index (χ3v) is 4.11. The van der Waals surface area contributed by atoms with Crippen molar-refractivity contribution in [1.82, 2.24) is 0 Å². The summed E-state index contributed by atoms with van der Waals surface area (Å²) in [5.41, 5.74) is 1.07. The molecule has 1 N–H and O–H groups in total. The van der Waals surface area contributed by atoms with Crippen LogP contribution in [0, 0.1) is 0 Å². The first kappa shape index (κ1) is 17.1. The van der Waals surface area contributed by atoms with Crippen LogP contribution in [0.25, 0.3) is 0 Å². The SMILES string of the molecule is O=C(COC(=O)Cc1ccsc1)Nc1c(Cl)cc(Cl)cc1Cl. The van der Waals surface area contributed by atoms with Crippen molar-refractivity contribution in [3.63, 3.8) is 0 Å². The minimum absolute atomic E-state index is 0.124. The quantitative estimate of drug-likeness (QED) is 0.783. The first-order valence-corrected chi connectivity index (χ1v) is 8.14. The van der Waals surface area contributed by atoms with Gasteiger partial charge in [0.05, 0.1) is 22.2 Å². The molecule has 1 heterocycles. The summed E-state index contributed by atoms with van der Waals surface area (Å²) in [6.45, 7) is -0.418. The first-order chi connectivity index (χ1) is 10.5. The lowest BCUT2D eigenvalue weighted by molar-refractivity contribution is -0.146. The molecule has 0 radical (unpaired) electrons. The van der Waals surface area contributed by atoms with Gasteiger partial charge in [0.25, 0.3) is 5.91 Å². The second kappa shape index (κ2) is 7.83. The summed E-state index contributed by atoms with van der Waals surface area (Å²) in [5.74, 6) is -1.02. The van der Waals surface area contributed by atoms with Gasteiger partial charge in [-0.1, -0.05) is 34.8 Å². The van der Waals surface area contributed by atoms with Crippen LogP contribution >= 0.6 is 46.1 Å². The van der Waals surface area contributed by atoms with Gasteiger partial charge in [0.1, 0.15) is 0 Å². The van der Waals surface area contributed by atoms with Crippen molar-refractivity contribution in [3.8, 4) is 0 Å². The minimum Gasteiger partial charge on any atom is -0.455 e. The Labute approximate surface area is 145 Å². The Balaban J connectivity index is 1.87. The number of anilines is 1. The molecule has 0 atom stereocenters. The lowest BCUT2D eigenvalue weighted by atomic mass is 10.2. The normalized spacial score (nSPS) is 10.3. The third kappa shape index (κ3) is 4.88. The average molecular weight is 379 g/mol. The van der Waals surface area contributed by atoms with Gasteiger partial charge in [-0.25, -0.2) is 0 Å². The van der Waals surface area contributed by atoms with Gasteiger partial charge in [-0.05, 0) is 34.5 Å². The van der Waals surface area contributed by atoms with E-state index in [2.05, 4.69) is 5.32 Å². The topological polar surface area (TPSA) is 55.4 Å². The highest BCUT2D eigenvalue weighted by atomic mass is 35.5. The highest BCUT2D eigenvalue weighted by Crippen LogP contribution is 2.33. The number of carbonyl (C=O) groups is 2. The molecule has 4 nitrogen and oxygen atoms in total. The van der Waals surface area contributed by atoms with E-state index in [-0.39, 0.29) is 22.2 Å². The molecule has 2 rings (SSSR count). The summed E-state index contributed by atoms with van der Waals surface area (Å²) >= 11 is 19.2. The van der Waals surface area contributed by atoms with Crippen molar-refractivity contribution in [2.75, 3.05) is 11.9 Å². The maximum atomic E-state index is 11.8. The molecule has 0 saturated carbocycles. The third-order valence-electron chi connectivity index (χ3n) is 2.56. The largest absolute Gasteiger partial charge is 0.455 e. The highest BCUT2D eigenvalue weighted by Gasteiger charge is 2.13. The van der Waals surface area contributed by atoms with Crippen molar-refractivity contribution in [2.24, 2.45) is 0 Å². The Morgan fingerprint density at radius 2 is 1.86 bits per heavy atom. The van der Waals surface area contributed by atoms with Gasteiger partial charge < -0.3 is 10.1 Å². The summed E-state index contributed by atoms with van der Waals surface area (Å²) in [4.78, 5) is 23.4. The summed E-state index contributed by atoms with van der Waals surface area (Å²) < 4.78 is 4.89. The van der Waals surface area contributed by atoms with Crippen LogP contribution in [0.5, 0.6) is 0 Å².